The number of carbonyl (C=O) groups excluding carboxylic acids is 2. The van der Waals surface area contributed by atoms with E-state index in [1.54, 1.807) is 24.0 Å². The van der Waals surface area contributed by atoms with E-state index >= 15 is 0 Å². The van der Waals surface area contributed by atoms with Crippen LogP contribution in [0.25, 0.3) is 0 Å². The number of anilines is 1. The van der Waals surface area contributed by atoms with Gasteiger partial charge in [0.25, 0.3) is 5.91 Å². The summed E-state index contributed by atoms with van der Waals surface area (Å²) in [5, 5.41) is 0.204. The number of benzene rings is 2. The van der Waals surface area contributed by atoms with E-state index in [9.17, 15) is 18.0 Å². The molecule has 5 rings (SSSR count). The summed E-state index contributed by atoms with van der Waals surface area (Å²) in [5.41, 5.74) is 12.0. The van der Waals surface area contributed by atoms with Gasteiger partial charge in [-0.3, -0.25) is 9.59 Å². The van der Waals surface area contributed by atoms with Crippen LogP contribution in [0.5, 0.6) is 11.5 Å². The lowest BCUT2D eigenvalue weighted by atomic mass is 10.1. The van der Waals surface area contributed by atoms with Crippen LogP contribution in [0.2, 0.25) is 5.02 Å². The summed E-state index contributed by atoms with van der Waals surface area (Å²) in [6.07, 6.45) is 4.00. The van der Waals surface area contributed by atoms with Crippen LogP contribution in [0.15, 0.2) is 34.2 Å². The predicted octanol–water partition coefficient (Wildman–Crippen LogP) is 2.98. The van der Waals surface area contributed by atoms with E-state index in [0.717, 1.165) is 45.3 Å². The third-order valence-corrected chi connectivity index (χ3v) is 9.00. The molecule has 0 aromatic heterocycles. The molecule has 2 aromatic rings. The Morgan fingerprint density at radius 2 is 1.84 bits per heavy atom. The first kappa shape index (κ1) is 26.5. The molecular formula is C26H30ClN5O5S. The Bertz CT molecular complexity index is 1440. The summed E-state index contributed by atoms with van der Waals surface area (Å²) in [5.74, 6) is -1.30. The van der Waals surface area contributed by atoms with Crippen LogP contribution in [0.1, 0.15) is 47.2 Å². The lowest BCUT2D eigenvalue weighted by Gasteiger charge is -2.27. The van der Waals surface area contributed by atoms with E-state index in [4.69, 9.17) is 27.8 Å². The fraction of sp³-hybridized carbons (Fsp3) is 0.423. The molecule has 1 saturated carbocycles. The van der Waals surface area contributed by atoms with Gasteiger partial charge in [-0.05, 0) is 75.5 Å². The van der Waals surface area contributed by atoms with Gasteiger partial charge in [0.2, 0.25) is 5.91 Å². The Kier molecular flexibility index (Phi) is 7.10. The average molecular weight is 560 g/mol. The van der Waals surface area contributed by atoms with Crippen molar-refractivity contribution in [2.24, 2.45) is 22.4 Å². The molecule has 2 amide bonds. The molecule has 0 atom stereocenters. The van der Waals surface area contributed by atoms with E-state index in [1.807, 2.05) is 0 Å². The summed E-state index contributed by atoms with van der Waals surface area (Å²) in [4.78, 5) is 33.1. The Hall–Kier alpha value is -3.15. The van der Waals surface area contributed by atoms with E-state index in [2.05, 4.69) is 9.89 Å². The maximum atomic E-state index is 13.5. The molecular weight excluding hydrogens is 530 g/mol. The minimum absolute atomic E-state index is 0.0146. The standard InChI is InChI=1S/C26H30ClN5O5S/c1-15-10-17(24(33)30-26(28)29)12-21-22(15)37-23-18(14-38(21,35)36)11-19(13-20(23)27)32(25(34)16-4-5-16)9-8-31-6-2-3-7-31/h10-13,16H,2-9,14H2,1H3,(H4,28,29,30,33). The number of nitrogens with zero attached hydrogens (tertiary/aromatic N) is 3. The number of sulfone groups is 1. The predicted molar refractivity (Wildman–Crippen MR) is 144 cm³/mol. The molecule has 0 unspecified atom stereocenters. The number of likely N-dealkylation sites (tertiary alicyclic amines) is 1. The number of amides is 2. The van der Waals surface area contributed by atoms with Gasteiger partial charge in [-0.1, -0.05) is 11.6 Å². The molecule has 0 spiro atoms. The van der Waals surface area contributed by atoms with Gasteiger partial charge in [0.05, 0.1) is 10.8 Å². The van der Waals surface area contributed by atoms with Crippen molar-refractivity contribution < 1.29 is 22.7 Å². The summed E-state index contributed by atoms with van der Waals surface area (Å²) in [7, 11) is -3.97. The Labute approximate surface area is 226 Å². The van der Waals surface area contributed by atoms with Gasteiger partial charge >= 0.3 is 0 Å². The number of hydrogen-bond acceptors (Lipinski definition) is 6. The molecule has 1 aliphatic carbocycles. The van der Waals surface area contributed by atoms with Crippen molar-refractivity contribution in [1.29, 1.82) is 0 Å². The number of guanidine groups is 1. The summed E-state index contributed by atoms with van der Waals surface area (Å²) in [6.45, 7) is 4.87. The highest BCUT2D eigenvalue weighted by atomic mass is 35.5. The van der Waals surface area contributed by atoms with Crippen molar-refractivity contribution in [1.82, 2.24) is 4.90 Å². The number of nitrogens with two attached hydrogens (primary N) is 2. The molecule has 2 fully saturated rings. The quantitative estimate of drug-likeness (QED) is 0.405. The highest BCUT2D eigenvalue weighted by molar-refractivity contribution is 7.90. The first-order chi connectivity index (χ1) is 18.0. The van der Waals surface area contributed by atoms with Gasteiger partial charge in [-0.15, -0.1) is 0 Å². The molecule has 1 saturated heterocycles. The number of hydrogen-bond donors (Lipinski definition) is 2. The van der Waals surface area contributed by atoms with Crippen molar-refractivity contribution in [2.75, 3.05) is 31.1 Å². The molecule has 2 aromatic carbocycles. The zero-order valence-corrected chi connectivity index (χ0v) is 22.6. The number of aryl methyl sites for hydroxylation is 1. The van der Waals surface area contributed by atoms with Crippen molar-refractivity contribution in [2.45, 2.75) is 43.3 Å². The topological polar surface area (TPSA) is 148 Å². The summed E-state index contributed by atoms with van der Waals surface area (Å²) in [6, 6.07) is 6.01. The second-order valence-corrected chi connectivity index (χ2v) is 12.4. The molecule has 0 bridgehead atoms. The van der Waals surface area contributed by atoms with Crippen LogP contribution in [0.4, 0.5) is 5.69 Å². The number of fused-ring (bicyclic) bond motifs is 2. The van der Waals surface area contributed by atoms with Gasteiger partial charge < -0.3 is 26.0 Å². The van der Waals surface area contributed by atoms with E-state index in [-0.39, 0.29) is 38.8 Å². The van der Waals surface area contributed by atoms with Crippen LogP contribution < -0.4 is 21.1 Å². The molecule has 4 N–H and O–H groups in total. The molecule has 10 nitrogen and oxygen atoms in total. The zero-order valence-electron chi connectivity index (χ0n) is 21.1. The van der Waals surface area contributed by atoms with E-state index in [0.29, 0.717) is 23.4 Å². The molecule has 0 radical (unpaired) electrons. The van der Waals surface area contributed by atoms with Gasteiger partial charge in [-0.2, -0.15) is 4.99 Å². The Morgan fingerprint density at radius 3 is 2.50 bits per heavy atom. The summed E-state index contributed by atoms with van der Waals surface area (Å²) < 4.78 is 33.2. The third kappa shape index (κ3) is 5.36. The summed E-state index contributed by atoms with van der Waals surface area (Å²) >= 11 is 6.67. The third-order valence-electron chi connectivity index (χ3n) is 7.05. The van der Waals surface area contributed by atoms with Crippen LogP contribution >= 0.6 is 11.6 Å². The lowest BCUT2D eigenvalue weighted by Crippen LogP contribution is -2.39. The largest absolute Gasteiger partial charge is 0.454 e. The second-order valence-electron chi connectivity index (χ2n) is 10.1. The minimum atomic E-state index is -3.97. The monoisotopic (exact) mass is 559 g/mol. The first-order valence-electron chi connectivity index (χ1n) is 12.6. The smallest absolute Gasteiger partial charge is 0.280 e. The number of rotatable bonds is 6. The average Bonchev–Trinajstić information content (AvgIpc) is 3.58. The van der Waals surface area contributed by atoms with E-state index in [1.165, 1.54) is 12.1 Å². The van der Waals surface area contributed by atoms with Gasteiger partial charge in [0, 0.05) is 35.8 Å². The number of aliphatic imine (C=N–C) groups is 1. The van der Waals surface area contributed by atoms with Gasteiger partial charge in [0.15, 0.2) is 15.8 Å². The lowest BCUT2D eigenvalue weighted by molar-refractivity contribution is -0.119. The van der Waals surface area contributed by atoms with Gasteiger partial charge in [-0.25, -0.2) is 8.42 Å². The number of carbonyl (C=O) groups is 2. The van der Waals surface area contributed by atoms with Crippen molar-refractivity contribution in [3.63, 3.8) is 0 Å². The van der Waals surface area contributed by atoms with Crippen molar-refractivity contribution in [3.05, 3.63) is 46.0 Å². The normalized spacial score (nSPS) is 18.1. The molecule has 2 aliphatic heterocycles. The Morgan fingerprint density at radius 1 is 1.13 bits per heavy atom. The molecule has 38 heavy (non-hydrogen) atoms. The molecule has 202 valence electrons. The highest BCUT2D eigenvalue weighted by Crippen LogP contribution is 2.45. The first-order valence-corrected chi connectivity index (χ1v) is 14.6. The fourth-order valence-electron chi connectivity index (χ4n) is 4.97. The number of halogens is 1. The van der Waals surface area contributed by atoms with Crippen molar-refractivity contribution in [3.8, 4) is 11.5 Å². The second kappa shape index (κ2) is 10.2. The zero-order chi connectivity index (χ0) is 27.2. The Balaban J connectivity index is 1.52. The SMILES string of the molecule is Cc1cc(C(=O)N=C(N)N)cc2c1Oc1c(Cl)cc(N(CCN3CCCC3)C(=O)C3CC3)cc1CS2(=O)=O. The minimum Gasteiger partial charge on any atom is -0.454 e. The van der Waals surface area contributed by atoms with Crippen LogP contribution in [0, 0.1) is 12.8 Å². The van der Waals surface area contributed by atoms with Crippen LogP contribution in [0.3, 0.4) is 0 Å². The van der Waals surface area contributed by atoms with Crippen LogP contribution in [-0.4, -0.2) is 57.3 Å². The van der Waals surface area contributed by atoms with Crippen molar-refractivity contribution >= 4 is 44.9 Å². The number of ether oxygens (including phenoxy) is 1. The van der Waals surface area contributed by atoms with Gasteiger partial charge in [0.1, 0.15) is 16.4 Å². The maximum Gasteiger partial charge on any atom is 0.280 e. The molecule has 2 heterocycles. The molecule has 12 heteroatoms. The fourth-order valence-corrected chi connectivity index (χ4v) is 6.81. The maximum absolute atomic E-state index is 13.5. The van der Waals surface area contributed by atoms with E-state index < -0.39 is 27.5 Å². The van der Waals surface area contributed by atoms with Crippen LogP contribution in [-0.2, 0) is 20.4 Å². The molecule has 3 aliphatic rings. The highest BCUT2D eigenvalue weighted by Gasteiger charge is 2.36.